The van der Waals surface area contributed by atoms with Crippen LogP contribution in [-0.4, -0.2) is 8.07 Å². The molecule has 0 fully saturated rings. The van der Waals surface area contributed by atoms with Gasteiger partial charge in [0.15, 0.2) is 0 Å². The molecule has 0 aliphatic carbocycles. The average Bonchev–Trinajstić information content (AvgIpc) is 2.14. The quantitative estimate of drug-likeness (QED) is 0.446. The normalized spacial score (nSPS) is 9.42. The van der Waals surface area contributed by atoms with Crippen LogP contribution in [0.3, 0.4) is 0 Å². The van der Waals surface area contributed by atoms with Crippen LogP contribution in [0.1, 0.15) is 13.3 Å². The van der Waals surface area contributed by atoms with Crippen molar-refractivity contribution in [3.63, 3.8) is 0 Å². The van der Waals surface area contributed by atoms with E-state index in [1.54, 1.807) is 0 Å². The zero-order valence-electron chi connectivity index (χ0n) is 7.77. The van der Waals surface area contributed by atoms with E-state index in [0.717, 1.165) is 12.5 Å². The second kappa shape index (κ2) is 5.62. The molecule has 0 saturated carbocycles. The maximum absolute atomic E-state index is 3.82. The molecule has 0 aliphatic heterocycles. The van der Waals surface area contributed by atoms with Gasteiger partial charge < -0.3 is 0 Å². The van der Waals surface area contributed by atoms with E-state index >= 15 is 0 Å². The molecule has 0 amide bonds. The van der Waals surface area contributed by atoms with Crippen LogP contribution in [0.4, 0.5) is 0 Å². The lowest BCUT2D eigenvalue weighted by Crippen LogP contribution is -2.25. The van der Waals surface area contributed by atoms with Gasteiger partial charge in [0.05, 0.1) is 0 Å². The van der Waals surface area contributed by atoms with Crippen molar-refractivity contribution in [2.24, 2.45) is 0 Å². The molecule has 0 atom stereocenters. The second-order valence-corrected chi connectivity index (χ2v) is 6.60. The molecule has 0 heterocycles. The van der Waals surface area contributed by atoms with E-state index in [9.17, 15) is 0 Å². The maximum atomic E-state index is 3.82. The highest BCUT2D eigenvalue weighted by Gasteiger charge is 2.19. The van der Waals surface area contributed by atoms with Crippen LogP contribution < -0.4 is 0 Å². The first-order valence-electron chi connectivity index (χ1n) is 4.05. The molecule has 0 saturated heterocycles. The molecule has 0 nitrogen and oxygen atoms in total. The molecule has 0 bridgehead atoms. The highest BCUT2D eigenvalue weighted by molar-refractivity contribution is 6.93. The fourth-order valence-electron chi connectivity index (χ4n) is 0.960. The van der Waals surface area contributed by atoms with Crippen molar-refractivity contribution >= 4 is 8.07 Å². The smallest absolute Gasteiger partial charge is 0.107 e. The summed E-state index contributed by atoms with van der Waals surface area (Å²) in [7, 11) is -1.57. The SMILES string of the molecule is C=C[Si](C=C)(C=C)CCC#CC. The lowest BCUT2D eigenvalue weighted by molar-refractivity contribution is 1.23. The van der Waals surface area contributed by atoms with Gasteiger partial charge in [0.25, 0.3) is 0 Å². The Labute approximate surface area is 76.7 Å². The van der Waals surface area contributed by atoms with Crippen molar-refractivity contribution in [2.45, 2.75) is 19.4 Å². The van der Waals surface area contributed by atoms with Crippen LogP contribution >= 0.6 is 0 Å². The van der Waals surface area contributed by atoms with Gasteiger partial charge in [-0.3, -0.25) is 0 Å². The minimum Gasteiger partial charge on any atom is -0.107 e. The van der Waals surface area contributed by atoms with Crippen molar-refractivity contribution in [1.29, 1.82) is 0 Å². The molecular weight excluding hydrogens is 160 g/mol. The highest BCUT2D eigenvalue weighted by Crippen LogP contribution is 2.15. The van der Waals surface area contributed by atoms with Gasteiger partial charge in [0.2, 0.25) is 0 Å². The molecule has 0 rings (SSSR count). The zero-order valence-corrected chi connectivity index (χ0v) is 8.77. The molecule has 0 unspecified atom stereocenters. The van der Waals surface area contributed by atoms with E-state index in [1.807, 2.05) is 24.0 Å². The summed E-state index contributed by atoms with van der Waals surface area (Å²) >= 11 is 0. The standard InChI is InChI=1S/C11H16Si/c1-5-9-10-11-12(6-2,7-3)8-4/h6-8H,2-4,10-11H2,1H3. The van der Waals surface area contributed by atoms with Gasteiger partial charge in [-0.15, -0.1) is 31.6 Å². The van der Waals surface area contributed by atoms with E-state index < -0.39 is 8.07 Å². The van der Waals surface area contributed by atoms with Crippen LogP contribution in [0.15, 0.2) is 36.8 Å². The Balaban J connectivity index is 4.27. The van der Waals surface area contributed by atoms with E-state index in [4.69, 9.17) is 0 Å². The van der Waals surface area contributed by atoms with E-state index in [2.05, 4.69) is 31.6 Å². The minimum absolute atomic E-state index is 0.923. The van der Waals surface area contributed by atoms with Crippen LogP contribution in [-0.2, 0) is 0 Å². The summed E-state index contributed by atoms with van der Waals surface area (Å²) in [4.78, 5) is 0. The molecule has 0 N–H and O–H groups in total. The predicted molar refractivity (Wildman–Crippen MR) is 59.2 cm³/mol. The number of hydrogen-bond acceptors (Lipinski definition) is 0. The molecular formula is C11H16Si. The first kappa shape index (κ1) is 11.0. The summed E-state index contributed by atoms with van der Waals surface area (Å²) in [6.07, 6.45) is 0.923. The van der Waals surface area contributed by atoms with Crippen LogP contribution in [0.2, 0.25) is 6.04 Å². The molecule has 0 aliphatic rings. The van der Waals surface area contributed by atoms with E-state index in [-0.39, 0.29) is 0 Å². The molecule has 64 valence electrons. The Hall–Kier alpha value is -1.00. The van der Waals surface area contributed by atoms with Gasteiger partial charge in [-0.1, -0.05) is 17.1 Å². The Morgan fingerprint density at radius 2 is 1.67 bits per heavy atom. The van der Waals surface area contributed by atoms with Crippen LogP contribution in [0, 0.1) is 11.8 Å². The molecule has 0 spiro atoms. The fourth-order valence-corrected chi connectivity index (χ4v) is 2.63. The van der Waals surface area contributed by atoms with Crippen molar-refractivity contribution in [1.82, 2.24) is 0 Å². The number of hydrogen-bond donors (Lipinski definition) is 0. The second-order valence-electron chi connectivity index (χ2n) is 2.65. The third kappa shape index (κ3) is 2.94. The van der Waals surface area contributed by atoms with Gasteiger partial charge in [0, 0.05) is 6.42 Å². The summed E-state index contributed by atoms with van der Waals surface area (Å²) in [5.74, 6) is 5.93. The van der Waals surface area contributed by atoms with Gasteiger partial charge in [-0.2, -0.15) is 0 Å². The Kier molecular flexibility index (Phi) is 5.15. The van der Waals surface area contributed by atoms with Gasteiger partial charge >= 0.3 is 0 Å². The summed E-state index contributed by atoms with van der Waals surface area (Å²) in [6, 6.07) is 1.06. The third-order valence-electron chi connectivity index (χ3n) is 2.00. The summed E-state index contributed by atoms with van der Waals surface area (Å²) in [6.45, 7) is 13.3. The Bertz CT molecular complexity index is 205. The van der Waals surface area contributed by atoms with Gasteiger partial charge in [-0.25, -0.2) is 0 Å². The maximum Gasteiger partial charge on any atom is 0.125 e. The first-order chi connectivity index (χ1) is 5.74. The topological polar surface area (TPSA) is 0 Å². The molecule has 0 aromatic carbocycles. The lowest BCUT2D eigenvalue weighted by Gasteiger charge is -2.17. The highest BCUT2D eigenvalue weighted by atomic mass is 28.3. The van der Waals surface area contributed by atoms with E-state index in [0.29, 0.717) is 0 Å². The lowest BCUT2D eigenvalue weighted by atomic mass is 10.5. The largest absolute Gasteiger partial charge is 0.125 e. The van der Waals surface area contributed by atoms with Crippen molar-refractivity contribution in [3.05, 3.63) is 36.8 Å². The van der Waals surface area contributed by atoms with Crippen molar-refractivity contribution in [2.75, 3.05) is 0 Å². The van der Waals surface area contributed by atoms with Crippen LogP contribution in [0.25, 0.3) is 0 Å². The zero-order chi connectivity index (χ0) is 9.45. The average molecular weight is 176 g/mol. The molecule has 0 aromatic heterocycles. The Morgan fingerprint density at radius 1 is 1.17 bits per heavy atom. The number of rotatable bonds is 5. The van der Waals surface area contributed by atoms with Crippen LogP contribution in [0.5, 0.6) is 0 Å². The fraction of sp³-hybridized carbons (Fsp3) is 0.273. The molecule has 1 heteroatoms. The molecule has 0 radical (unpaired) electrons. The molecule has 12 heavy (non-hydrogen) atoms. The van der Waals surface area contributed by atoms with Gasteiger partial charge in [0.1, 0.15) is 8.07 Å². The molecule has 0 aromatic rings. The van der Waals surface area contributed by atoms with Crippen molar-refractivity contribution < 1.29 is 0 Å². The minimum atomic E-state index is -1.57. The Morgan fingerprint density at radius 3 is 2.00 bits per heavy atom. The first-order valence-corrected chi connectivity index (χ1v) is 6.49. The monoisotopic (exact) mass is 176 g/mol. The predicted octanol–water partition coefficient (Wildman–Crippen LogP) is 3.02. The summed E-state index contributed by atoms with van der Waals surface area (Å²) < 4.78 is 0. The third-order valence-corrected chi connectivity index (χ3v) is 5.40. The summed E-state index contributed by atoms with van der Waals surface area (Å²) in [5.41, 5.74) is 6.01. The van der Waals surface area contributed by atoms with E-state index in [1.165, 1.54) is 0 Å². The van der Waals surface area contributed by atoms with Crippen molar-refractivity contribution in [3.8, 4) is 11.8 Å². The summed E-state index contributed by atoms with van der Waals surface area (Å²) in [5, 5.41) is 0. The van der Waals surface area contributed by atoms with Gasteiger partial charge in [-0.05, 0) is 13.0 Å².